The van der Waals surface area contributed by atoms with Gasteiger partial charge in [0, 0.05) is 16.7 Å². The van der Waals surface area contributed by atoms with Crippen molar-refractivity contribution in [2.75, 3.05) is 6.26 Å². The normalized spacial score (nSPS) is 28.1. The third-order valence-electron chi connectivity index (χ3n) is 3.99. The molecule has 0 fully saturated rings. The summed E-state index contributed by atoms with van der Waals surface area (Å²) < 4.78 is 6.15. The first-order chi connectivity index (χ1) is 9.16. The number of hydrogen-bond acceptors (Lipinski definition) is 2. The number of fused-ring (bicyclic) bond motifs is 1. The first-order valence-electron chi connectivity index (χ1n) is 7.27. The van der Waals surface area contributed by atoms with Crippen LogP contribution in [0.2, 0.25) is 0 Å². The van der Waals surface area contributed by atoms with Crippen LogP contribution in [0.4, 0.5) is 0 Å². The van der Waals surface area contributed by atoms with Gasteiger partial charge >= 0.3 is 0 Å². The van der Waals surface area contributed by atoms with E-state index < -0.39 is 20.7 Å². The molecule has 2 nitrogen and oxygen atoms in total. The molecule has 0 saturated heterocycles. The van der Waals surface area contributed by atoms with Gasteiger partial charge in [-0.25, -0.2) is 0 Å². The fourth-order valence-corrected chi connectivity index (χ4v) is 6.16. The van der Waals surface area contributed by atoms with Crippen LogP contribution < -0.4 is 0 Å². The quantitative estimate of drug-likeness (QED) is 0.753. The molecule has 1 N–H and O–H groups in total. The van der Waals surface area contributed by atoms with Crippen molar-refractivity contribution >= 4 is 20.2 Å². The average molecular weight is 331 g/mol. The number of benzene rings is 1. The Hall–Kier alpha value is -0.220. The van der Waals surface area contributed by atoms with E-state index in [2.05, 4.69) is 32.9 Å². The maximum absolute atomic E-state index is 10.6. The summed E-state index contributed by atoms with van der Waals surface area (Å²) in [6, 6.07) is 4.29. The molecule has 21 heavy (non-hydrogen) atoms. The van der Waals surface area contributed by atoms with Gasteiger partial charge in [0.1, 0.15) is 5.60 Å². The van der Waals surface area contributed by atoms with Gasteiger partial charge in [-0.2, -0.15) is 0 Å². The second-order valence-corrected chi connectivity index (χ2v) is 11.9. The highest BCUT2D eigenvalue weighted by Gasteiger charge is 2.46. The van der Waals surface area contributed by atoms with Crippen LogP contribution in [0, 0.1) is 0 Å². The molecule has 0 amide bonds. The molecule has 1 aromatic rings. The molecule has 0 bridgehead atoms. The van der Waals surface area contributed by atoms with Gasteiger partial charge in [0.15, 0.2) is 0 Å². The molecule has 1 atom stereocenters. The Morgan fingerprint density at radius 1 is 1.14 bits per heavy atom. The van der Waals surface area contributed by atoms with Crippen molar-refractivity contribution in [2.24, 2.45) is 0 Å². The Labute approximate surface area is 134 Å². The van der Waals surface area contributed by atoms with Crippen LogP contribution in [0.15, 0.2) is 17.0 Å². The molecule has 0 aromatic heterocycles. The third-order valence-corrected chi connectivity index (χ3v) is 6.54. The Morgan fingerprint density at radius 2 is 1.67 bits per heavy atom. The molecule has 1 aliphatic rings. The van der Waals surface area contributed by atoms with E-state index in [-0.39, 0.29) is 5.41 Å². The molecule has 120 valence electrons. The third kappa shape index (κ3) is 2.98. The molecular weight excluding hydrogens is 304 g/mol. The van der Waals surface area contributed by atoms with Crippen molar-refractivity contribution < 1.29 is 9.29 Å². The van der Waals surface area contributed by atoms with Crippen molar-refractivity contribution in [1.82, 2.24) is 0 Å². The van der Waals surface area contributed by atoms with Crippen LogP contribution in [0.25, 0.3) is 0 Å². The minimum atomic E-state index is -1.88. The van der Waals surface area contributed by atoms with Crippen LogP contribution >= 0.6 is 20.2 Å². The molecule has 1 aromatic carbocycles. The molecule has 0 spiro atoms. The molecule has 4 heteroatoms. The maximum atomic E-state index is 10.6. The summed E-state index contributed by atoms with van der Waals surface area (Å²) >= 11 is 0. The van der Waals surface area contributed by atoms with Crippen LogP contribution in [-0.4, -0.2) is 11.4 Å². The summed E-state index contributed by atoms with van der Waals surface area (Å²) in [5.41, 5.74) is 1.83. The second-order valence-electron chi connectivity index (χ2n) is 8.05. The Morgan fingerprint density at radius 3 is 2.10 bits per heavy atom. The number of rotatable bonds is 1. The van der Waals surface area contributed by atoms with E-state index in [1.807, 2.05) is 34.0 Å². The summed E-state index contributed by atoms with van der Waals surface area (Å²) in [6.07, 6.45) is 1.94. The van der Waals surface area contributed by atoms with E-state index in [1.165, 1.54) is 5.56 Å². The van der Waals surface area contributed by atoms with Crippen LogP contribution in [-0.2, 0) is 20.8 Å². The van der Waals surface area contributed by atoms with Gasteiger partial charge in [0.05, 0.1) is 5.60 Å². The molecule has 0 radical (unpaired) electrons. The molecular formula is C17H27ClO2S. The lowest BCUT2D eigenvalue weighted by atomic mass is 9.80. The Bertz CT molecular complexity index is 578. The molecule has 0 aliphatic carbocycles. The van der Waals surface area contributed by atoms with Gasteiger partial charge in [0.25, 0.3) is 0 Å². The predicted octanol–water partition coefficient (Wildman–Crippen LogP) is 5.34. The standard InChI is InChI=1S/C17H27ClO2S/c1-15(2,3)11-9-12(16(4,5)19)14-13(10-11)17(6,7)20-21(14,8)18/h9-10,19H,1-8H3. The Kier molecular flexibility index (Phi) is 3.79. The second kappa shape index (κ2) is 4.64. The van der Waals surface area contributed by atoms with E-state index >= 15 is 0 Å². The van der Waals surface area contributed by atoms with Gasteiger partial charge in [-0.1, -0.05) is 32.9 Å². The average Bonchev–Trinajstić information content (AvgIpc) is 2.41. The zero-order valence-electron chi connectivity index (χ0n) is 14.3. The SMILES string of the molecule is CC(C)(C)c1cc(C(C)(C)O)c2c(c1)C(C)(C)OS2(C)Cl. The van der Waals surface area contributed by atoms with E-state index in [4.69, 9.17) is 14.9 Å². The number of hydrogen-bond donors (Lipinski definition) is 1. The highest BCUT2D eigenvalue weighted by Crippen LogP contribution is 2.71. The molecule has 1 unspecified atom stereocenters. The highest BCUT2D eigenvalue weighted by molar-refractivity contribution is 8.47. The Balaban J connectivity index is 2.87. The first kappa shape index (κ1) is 17.1. The lowest BCUT2D eigenvalue weighted by Gasteiger charge is -2.31. The predicted molar refractivity (Wildman–Crippen MR) is 92.1 cm³/mol. The van der Waals surface area contributed by atoms with Gasteiger partial charge in [-0.3, -0.25) is 0 Å². The monoisotopic (exact) mass is 330 g/mol. The topological polar surface area (TPSA) is 29.5 Å². The van der Waals surface area contributed by atoms with Crippen molar-refractivity contribution in [2.45, 2.75) is 70.0 Å². The molecule has 1 heterocycles. The number of aliphatic hydroxyl groups is 1. The maximum Gasteiger partial charge on any atom is 0.103 e. The van der Waals surface area contributed by atoms with E-state index in [0.717, 1.165) is 16.0 Å². The molecule has 2 rings (SSSR count). The summed E-state index contributed by atoms with van der Waals surface area (Å²) in [7, 11) is 4.83. The summed E-state index contributed by atoms with van der Waals surface area (Å²) in [4.78, 5) is 0.995. The van der Waals surface area contributed by atoms with Crippen molar-refractivity contribution in [3.05, 3.63) is 28.8 Å². The molecule has 0 saturated carbocycles. The van der Waals surface area contributed by atoms with E-state index in [9.17, 15) is 5.11 Å². The first-order valence-corrected chi connectivity index (χ1v) is 10.1. The van der Waals surface area contributed by atoms with Gasteiger partial charge in [-0.05, 0) is 64.4 Å². The molecule has 1 aliphatic heterocycles. The fraction of sp³-hybridized carbons (Fsp3) is 0.647. The lowest BCUT2D eigenvalue weighted by Crippen LogP contribution is -2.22. The summed E-state index contributed by atoms with van der Waals surface area (Å²) in [5, 5.41) is 10.6. The van der Waals surface area contributed by atoms with E-state index in [0.29, 0.717) is 0 Å². The smallest absolute Gasteiger partial charge is 0.103 e. The lowest BCUT2D eigenvalue weighted by molar-refractivity contribution is 0.0753. The van der Waals surface area contributed by atoms with Gasteiger partial charge < -0.3 is 9.29 Å². The van der Waals surface area contributed by atoms with E-state index in [1.54, 1.807) is 0 Å². The minimum absolute atomic E-state index is 0.00570. The summed E-state index contributed by atoms with van der Waals surface area (Å²) in [5.74, 6) is 0. The minimum Gasteiger partial charge on any atom is -0.386 e. The number of halogens is 1. The van der Waals surface area contributed by atoms with Gasteiger partial charge in [-0.15, -0.1) is 0 Å². The largest absolute Gasteiger partial charge is 0.386 e. The van der Waals surface area contributed by atoms with Crippen LogP contribution in [0.3, 0.4) is 0 Å². The summed E-state index contributed by atoms with van der Waals surface area (Å²) in [6.45, 7) is 14.3. The van der Waals surface area contributed by atoms with Crippen LogP contribution in [0.1, 0.15) is 65.2 Å². The zero-order chi connectivity index (χ0) is 16.4. The van der Waals surface area contributed by atoms with Crippen LogP contribution in [0.5, 0.6) is 0 Å². The fourth-order valence-electron chi connectivity index (χ4n) is 2.83. The van der Waals surface area contributed by atoms with Crippen molar-refractivity contribution in [3.63, 3.8) is 0 Å². The van der Waals surface area contributed by atoms with Crippen molar-refractivity contribution in [3.8, 4) is 0 Å². The zero-order valence-corrected chi connectivity index (χ0v) is 15.9. The van der Waals surface area contributed by atoms with Gasteiger partial charge in [0.2, 0.25) is 0 Å². The highest BCUT2D eigenvalue weighted by atomic mass is 35.7. The van der Waals surface area contributed by atoms with Crippen molar-refractivity contribution in [1.29, 1.82) is 0 Å².